The molecular formula is C14H24N2O4S2. The average Bonchev–Trinajstić information content (AvgIpc) is 2.51. The van der Waals surface area contributed by atoms with E-state index in [1.54, 1.807) is 12.1 Å². The smallest absolute Gasteiger partial charge is 0.214 e. The molecule has 0 amide bonds. The molecule has 0 fully saturated rings. The number of hydrogen-bond acceptors (Lipinski definition) is 4. The van der Waals surface area contributed by atoms with Gasteiger partial charge in [0.1, 0.15) is 0 Å². The zero-order valence-corrected chi connectivity index (χ0v) is 14.8. The van der Waals surface area contributed by atoms with Crippen molar-refractivity contribution in [2.45, 2.75) is 38.0 Å². The van der Waals surface area contributed by atoms with Crippen LogP contribution < -0.4 is 9.44 Å². The van der Waals surface area contributed by atoms with E-state index < -0.39 is 20.0 Å². The van der Waals surface area contributed by atoms with Crippen molar-refractivity contribution in [1.29, 1.82) is 0 Å². The third-order valence-corrected chi connectivity index (χ3v) is 6.37. The van der Waals surface area contributed by atoms with E-state index in [1.807, 2.05) is 12.1 Å². The summed E-state index contributed by atoms with van der Waals surface area (Å²) in [5.41, 5.74) is 1.09. The first-order valence-electron chi connectivity index (χ1n) is 7.28. The second-order valence-electron chi connectivity index (χ2n) is 5.07. The van der Waals surface area contributed by atoms with Crippen LogP contribution in [-0.4, -0.2) is 35.7 Å². The van der Waals surface area contributed by atoms with E-state index in [0.717, 1.165) is 12.0 Å². The molecule has 0 saturated heterocycles. The molecule has 8 heteroatoms. The summed E-state index contributed by atoms with van der Waals surface area (Å²) in [6.45, 7) is 5.72. The van der Waals surface area contributed by atoms with Gasteiger partial charge in [-0.25, -0.2) is 26.3 Å². The van der Waals surface area contributed by atoms with E-state index in [-0.39, 0.29) is 23.7 Å². The van der Waals surface area contributed by atoms with Crippen LogP contribution in [0.2, 0.25) is 0 Å². The van der Waals surface area contributed by atoms with Gasteiger partial charge in [0.2, 0.25) is 20.0 Å². The van der Waals surface area contributed by atoms with Crippen LogP contribution >= 0.6 is 0 Å². The van der Waals surface area contributed by atoms with Gasteiger partial charge in [-0.05, 0) is 37.0 Å². The molecule has 0 aromatic heterocycles. The van der Waals surface area contributed by atoms with Crippen molar-refractivity contribution < 1.29 is 16.8 Å². The largest absolute Gasteiger partial charge is 0.240 e. The number of sulfonamides is 2. The molecule has 0 aliphatic heterocycles. The first-order valence-corrected chi connectivity index (χ1v) is 10.4. The van der Waals surface area contributed by atoms with Gasteiger partial charge in [0.05, 0.1) is 10.6 Å². The summed E-state index contributed by atoms with van der Waals surface area (Å²) in [6.07, 6.45) is 0.988. The minimum atomic E-state index is -3.62. The van der Waals surface area contributed by atoms with Gasteiger partial charge >= 0.3 is 0 Å². The molecule has 1 aromatic rings. The topological polar surface area (TPSA) is 92.3 Å². The van der Waals surface area contributed by atoms with Crippen molar-refractivity contribution in [3.8, 4) is 0 Å². The van der Waals surface area contributed by atoms with E-state index in [1.165, 1.54) is 6.92 Å². The molecule has 0 radical (unpaired) electrons. The van der Waals surface area contributed by atoms with Crippen LogP contribution in [0.5, 0.6) is 0 Å². The fourth-order valence-corrected chi connectivity index (χ4v) is 3.44. The van der Waals surface area contributed by atoms with Gasteiger partial charge in [0, 0.05) is 13.1 Å². The van der Waals surface area contributed by atoms with E-state index >= 15 is 0 Å². The van der Waals surface area contributed by atoms with Gasteiger partial charge in [-0.15, -0.1) is 0 Å². The lowest BCUT2D eigenvalue weighted by Gasteiger charge is -2.11. The lowest BCUT2D eigenvalue weighted by atomic mass is 9.99. The van der Waals surface area contributed by atoms with Gasteiger partial charge < -0.3 is 0 Å². The summed E-state index contributed by atoms with van der Waals surface area (Å²) >= 11 is 0. The second-order valence-corrected chi connectivity index (χ2v) is 8.94. The number of benzene rings is 1. The van der Waals surface area contributed by atoms with Crippen molar-refractivity contribution in [1.82, 2.24) is 9.44 Å². The molecule has 2 N–H and O–H groups in total. The maximum Gasteiger partial charge on any atom is 0.240 e. The van der Waals surface area contributed by atoms with Crippen LogP contribution in [0.1, 0.15) is 38.7 Å². The maximum atomic E-state index is 12.1. The van der Waals surface area contributed by atoms with Crippen LogP contribution in [0.25, 0.3) is 0 Å². The zero-order valence-electron chi connectivity index (χ0n) is 13.2. The SMILES string of the molecule is CC[C@@H](C)c1ccc(S(=O)(=O)NCCNS(=O)(=O)CC)cc1. The van der Waals surface area contributed by atoms with E-state index in [9.17, 15) is 16.8 Å². The summed E-state index contributed by atoms with van der Waals surface area (Å²) in [6, 6.07) is 6.76. The minimum absolute atomic E-state index is 0.00861. The molecule has 0 spiro atoms. The van der Waals surface area contributed by atoms with E-state index in [4.69, 9.17) is 0 Å². The quantitative estimate of drug-likeness (QED) is 0.660. The van der Waals surface area contributed by atoms with Crippen molar-refractivity contribution in [2.75, 3.05) is 18.8 Å². The third kappa shape index (κ3) is 5.68. The fourth-order valence-electron chi connectivity index (χ4n) is 1.79. The predicted molar refractivity (Wildman–Crippen MR) is 87.8 cm³/mol. The summed E-state index contributed by atoms with van der Waals surface area (Å²) in [5, 5.41) is 0. The highest BCUT2D eigenvalue weighted by Crippen LogP contribution is 2.20. The summed E-state index contributed by atoms with van der Waals surface area (Å²) < 4.78 is 51.3. The molecule has 0 heterocycles. The molecule has 1 rings (SSSR count). The Hall–Kier alpha value is -0.960. The minimum Gasteiger partial charge on any atom is -0.214 e. The van der Waals surface area contributed by atoms with Crippen molar-refractivity contribution in [3.63, 3.8) is 0 Å². The highest BCUT2D eigenvalue weighted by Gasteiger charge is 2.14. The fraction of sp³-hybridized carbons (Fsp3) is 0.571. The molecule has 126 valence electrons. The van der Waals surface area contributed by atoms with Crippen molar-refractivity contribution >= 4 is 20.0 Å². The molecule has 1 atom stereocenters. The Morgan fingerprint density at radius 2 is 1.50 bits per heavy atom. The molecule has 22 heavy (non-hydrogen) atoms. The van der Waals surface area contributed by atoms with Gasteiger partial charge in [0.15, 0.2) is 0 Å². The molecule has 0 aliphatic carbocycles. The van der Waals surface area contributed by atoms with Crippen LogP contribution in [0.4, 0.5) is 0 Å². The Kier molecular flexibility index (Phi) is 6.98. The molecule has 1 aromatic carbocycles. The van der Waals surface area contributed by atoms with Crippen molar-refractivity contribution in [3.05, 3.63) is 29.8 Å². The molecular weight excluding hydrogens is 324 g/mol. The molecule has 0 saturated carbocycles. The Morgan fingerprint density at radius 1 is 0.955 bits per heavy atom. The maximum absolute atomic E-state index is 12.1. The lowest BCUT2D eigenvalue weighted by Crippen LogP contribution is -2.35. The monoisotopic (exact) mass is 348 g/mol. The highest BCUT2D eigenvalue weighted by atomic mass is 32.2. The Labute approximate surface area is 133 Å². The Morgan fingerprint density at radius 3 is 2.00 bits per heavy atom. The number of rotatable bonds is 9. The first kappa shape index (κ1) is 19.1. The Bertz CT molecular complexity index is 667. The molecule has 6 nitrogen and oxygen atoms in total. The third-order valence-electron chi connectivity index (χ3n) is 3.49. The molecule has 0 unspecified atom stereocenters. The molecule has 0 aliphatic rings. The van der Waals surface area contributed by atoms with Crippen LogP contribution in [0, 0.1) is 0 Å². The average molecular weight is 348 g/mol. The van der Waals surface area contributed by atoms with Crippen molar-refractivity contribution in [2.24, 2.45) is 0 Å². The van der Waals surface area contributed by atoms with Gasteiger partial charge in [-0.1, -0.05) is 26.0 Å². The summed E-state index contributed by atoms with van der Waals surface area (Å²) in [7, 11) is -6.92. The number of nitrogens with one attached hydrogen (secondary N) is 2. The van der Waals surface area contributed by atoms with E-state index in [2.05, 4.69) is 23.3 Å². The summed E-state index contributed by atoms with van der Waals surface area (Å²) in [4.78, 5) is 0.179. The molecule has 0 bridgehead atoms. The van der Waals surface area contributed by atoms with Crippen LogP contribution in [-0.2, 0) is 20.0 Å². The normalized spacial score (nSPS) is 14.0. The summed E-state index contributed by atoms with van der Waals surface area (Å²) in [5.74, 6) is 0.352. The lowest BCUT2D eigenvalue weighted by molar-refractivity contribution is 0.571. The second kappa shape index (κ2) is 8.05. The van der Waals surface area contributed by atoms with E-state index in [0.29, 0.717) is 5.92 Å². The van der Waals surface area contributed by atoms with Gasteiger partial charge in [0.25, 0.3) is 0 Å². The van der Waals surface area contributed by atoms with Crippen LogP contribution in [0.3, 0.4) is 0 Å². The van der Waals surface area contributed by atoms with Gasteiger partial charge in [-0.2, -0.15) is 0 Å². The highest BCUT2D eigenvalue weighted by molar-refractivity contribution is 7.89. The van der Waals surface area contributed by atoms with Crippen LogP contribution in [0.15, 0.2) is 29.2 Å². The van der Waals surface area contributed by atoms with Gasteiger partial charge in [-0.3, -0.25) is 0 Å². The standard InChI is InChI=1S/C14H24N2O4S2/c1-4-12(3)13-6-8-14(9-7-13)22(19,20)16-11-10-15-21(17,18)5-2/h6-9,12,15-16H,4-5,10-11H2,1-3H3/t12-/m1/s1. The predicted octanol–water partition coefficient (Wildman–Crippen LogP) is 1.42. The Balaban J connectivity index is 2.63. The first-order chi connectivity index (χ1) is 10.2. The zero-order chi connectivity index (χ0) is 16.8. The number of hydrogen-bond donors (Lipinski definition) is 2.